The van der Waals surface area contributed by atoms with Gasteiger partial charge in [-0.3, -0.25) is 4.79 Å². The van der Waals surface area contributed by atoms with Gasteiger partial charge in [0.1, 0.15) is 17.6 Å². The van der Waals surface area contributed by atoms with Crippen LogP contribution in [0.2, 0.25) is 0 Å². The van der Waals surface area contributed by atoms with Crippen LogP contribution in [0, 0.1) is 0 Å². The first-order valence-electron chi connectivity index (χ1n) is 10.2. The summed E-state index contributed by atoms with van der Waals surface area (Å²) in [6.45, 7) is 2.64. The largest absolute Gasteiger partial charge is 0.497 e. The number of ether oxygens (including phenoxy) is 1. The van der Waals surface area contributed by atoms with E-state index >= 15 is 0 Å². The summed E-state index contributed by atoms with van der Waals surface area (Å²) >= 11 is 0. The molecule has 1 aromatic heterocycles. The summed E-state index contributed by atoms with van der Waals surface area (Å²) in [7, 11) is 1.65. The molecule has 1 fully saturated rings. The first-order chi connectivity index (χ1) is 13.7. The molecular weight excluding hydrogens is 354 g/mol. The van der Waals surface area contributed by atoms with Crippen molar-refractivity contribution >= 4 is 11.6 Å². The Morgan fingerprint density at radius 3 is 2.57 bits per heavy atom. The maximum atomic E-state index is 13.1. The van der Waals surface area contributed by atoms with Crippen molar-refractivity contribution in [2.24, 2.45) is 5.10 Å². The Labute approximate surface area is 165 Å². The van der Waals surface area contributed by atoms with Gasteiger partial charge in [0.05, 0.1) is 32.2 Å². The van der Waals surface area contributed by atoms with Gasteiger partial charge in [-0.2, -0.15) is 5.10 Å². The van der Waals surface area contributed by atoms with Crippen molar-refractivity contribution < 1.29 is 18.8 Å². The molecule has 6 nitrogen and oxygen atoms in total. The molecule has 2 aliphatic heterocycles. The highest BCUT2D eigenvalue weighted by Gasteiger charge is 2.36. The summed E-state index contributed by atoms with van der Waals surface area (Å²) in [6, 6.07) is 11.4. The van der Waals surface area contributed by atoms with E-state index < -0.39 is 0 Å². The fourth-order valence-corrected chi connectivity index (χ4v) is 4.10. The second kappa shape index (κ2) is 8.61. The van der Waals surface area contributed by atoms with Gasteiger partial charge >= 0.3 is 0 Å². The zero-order valence-electron chi connectivity index (χ0n) is 16.4. The monoisotopic (exact) mass is 382 g/mol. The summed E-state index contributed by atoms with van der Waals surface area (Å²) < 4.78 is 10.9. The second-order valence-electron chi connectivity index (χ2n) is 7.59. The predicted molar refractivity (Wildman–Crippen MR) is 106 cm³/mol. The zero-order valence-corrected chi connectivity index (χ0v) is 16.4. The summed E-state index contributed by atoms with van der Waals surface area (Å²) in [4.78, 5) is 14.5. The third-order valence-electron chi connectivity index (χ3n) is 5.67. The molecule has 148 valence electrons. The quantitative estimate of drug-likeness (QED) is 0.864. The molecule has 1 atom stereocenters. The fraction of sp³-hybridized carbons (Fsp3) is 0.455. The number of hydrazone groups is 1. The maximum absolute atomic E-state index is 13.1. The first kappa shape index (κ1) is 18.7. The SMILES string of the molecule is COc1ccc(C2=NN(C(=O)C[NH+]3CCCCCC3)[C@H](c3ccco3)C2)cc1. The van der Waals surface area contributed by atoms with Crippen LogP contribution in [0.4, 0.5) is 0 Å². The lowest BCUT2D eigenvalue weighted by Crippen LogP contribution is -3.13. The van der Waals surface area contributed by atoms with Crippen molar-refractivity contribution in [2.45, 2.75) is 38.1 Å². The fourth-order valence-electron chi connectivity index (χ4n) is 4.10. The predicted octanol–water partition coefficient (Wildman–Crippen LogP) is 2.42. The van der Waals surface area contributed by atoms with Crippen LogP contribution in [0.3, 0.4) is 0 Å². The molecule has 2 aliphatic rings. The molecule has 1 amide bonds. The van der Waals surface area contributed by atoms with Crippen LogP contribution in [0.5, 0.6) is 5.75 Å². The number of benzene rings is 1. The molecular formula is C22H28N3O3+. The van der Waals surface area contributed by atoms with E-state index in [1.807, 2.05) is 36.4 Å². The van der Waals surface area contributed by atoms with E-state index in [1.54, 1.807) is 18.4 Å². The zero-order chi connectivity index (χ0) is 19.3. The summed E-state index contributed by atoms with van der Waals surface area (Å²) in [5.41, 5.74) is 1.91. The van der Waals surface area contributed by atoms with Gasteiger partial charge in [0.2, 0.25) is 0 Å². The van der Waals surface area contributed by atoms with Crippen molar-refractivity contribution in [1.29, 1.82) is 0 Å². The number of carbonyl (C=O) groups excluding carboxylic acids is 1. The molecule has 0 saturated carbocycles. The van der Waals surface area contributed by atoms with Crippen LogP contribution < -0.4 is 9.64 Å². The third-order valence-corrected chi connectivity index (χ3v) is 5.67. The topological polar surface area (TPSA) is 59.5 Å². The standard InChI is InChI=1S/C22H27N3O3/c1-27-18-10-8-17(9-11-18)19-15-20(21-7-6-14-28-21)25(23-19)22(26)16-24-12-4-2-3-5-13-24/h6-11,14,20H,2-5,12-13,15-16H2,1H3/p+1/t20-/m0/s1. The van der Waals surface area contributed by atoms with E-state index in [0.717, 1.165) is 35.9 Å². The van der Waals surface area contributed by atoms with Gasteiger partial charge in [-0.05, 0) is 67.6 Å². The number of rotatable bonds is 5. The lowest BCUT2D eigenvalue weighted by Gasteiger charge is -2.23. The molecule has 1 saturated heterocycles. The minimum absolute atomic E-state index is 0.0711. The minimum atomic E-state index is -0.175. The summed E-state index contributed by atoms with van der Waals surface area (Å²) in [5.74, 6) is 1.66. The highest BCUT2D eigenvalue weighted by molar-refractivity contribution is 6.03. The van der Waals surface area contributed by atoms with E-state index in [1.165, 1.54) is 30.6 Å². The number of amides is 1. The van der Waals surface area contributed by atoms with Gasteiger partial charge in [-0.15, -0.1) is 0 Å². The van der Waals surface area contributed by atoms with Gasteiger partial charge in [0.25, 0.3) is 5.91 Å². The van der Waals surface area contributed by atoms with Crippen molar-refractivity contribution in [1.82, 2.24) is 5.01 Å². The Balaban J connectivity index is 1.55. The third kappa shape index (κ3) is 4.12. The summed E-state index contributed by atoms with van der Waals surface area (Å²) in [5, 5.41) is 6.38. The minimum Gasteiger partial charge on any atom is -0.497 e. The molecule has 4 rings (SSSR count). The van der Waals surface area contributed by atoms with E-state index in [9.17, 15) is 4.79 Å². The Bertz CT molecular complexity index is 806. The van der Waals surface area contributed by atoms with Gasteiger partial charge < -0.3 is 14.1 Å². The van der Waals surface area contributed by atoms with Crippen LogP contribution in [0.15, 0.2) is 52.2 Å². The Morgan fingerprint density at radius 2 is 1.93 bits per heavy atom. The van der Waals surface area contributed by atoms with E-state index in [2.05, 4.69) is 0 Å². The Kier molecular flexibility index (Phi) is 5.76. The van der Waals surface area contributed by atoms with Crippen molar-refractivity contribution in [3.63, 3.8) is 0 Å². The number of hydrogen-bond acceptors (Lipinski definition) is 4. The van der Waals surface area contributed by atoms with Gasteiger partial charge in [0.15, 0.2) is 6.54 Å². The molecule has 3 heterocycles. The number of nitrogens with zero attached hydrogens (tertiary/aromatic N) is 2. The molecule has 2 aromatic rings. The average molecular weight is 382 g/mol. The van der Waals surface area contributed by atoms with Gasteiger partial charge in [-0.25, -0.2) is 5.01 Å². The number of methoxy groups -OCH3 is 1. The molecule has 1 aromatic carbocycles. The molecule has 6 heteroatoms. The smallest absolute Gasteiger partial charge is 0.298 e. The van der Waals surface area contributed by atoms with E-state index in [-0.39, 0.29) is 11.9 Å². The van der Waals surface area contributed by atoms with Gasteiger partial charge in [-0.1, -0.05) is 0 Å². The molecule has 0 unspecified atom stereocenters. The van der Waals surface area contributed by atoms with Gasteiger partial charge in [0, 0.05) is 6.42 Å². The highest BCUT2D eigenvalue weighted by atomic mass is 16.5. The van der Waals surface area contributed by atoms with Crippen LogP contribution in [0.1, 0.15) is 49.5 Å². The summed E-state index contributed by atoms with van der Waals surface area (Å²) in [6.07, 6.45) is 7.26. The van der Waals surface area contributed by atoms with Crippen LogP contribution in [-0.2, 0) is 4.79 Å². The Hall–Kier alpha value is -2.60. The van der Waals surface area contributed by atoms with E-state index in [0.29, 0.717) is 13.0 Å². The van der Waals surface area contributed by atoms with Crippen molar-refractivity contribution in [2.75, 3.05) is 26.7 Å². The molecule has 28 heavy (non-hydrogen) atoms. The van der Waals surface area contributed by atoms with E-state index in [4.69, 9.17) is 14.3 Å². The second-order valence-corrected chi connectivity index (χ2v) is 7.59. The number of nitrogens with one attached hydrogen (secondary N) is 1. The number of carbonyl (C=O) groups is 1. The lowest BCUT2D eigenvalue weighted by molar-refractivity contribution is -0.891. The average Bonchev–Trinajstić information content (AvgIpc) is 3.34. The molecule has 0 spiro atoms. The lowest BCUT2D eigenvalue weighted by atomic mass is 10.0. The molecule has 0 bridgehead atoms. The number of hydrogen-bond donors (Lipinski definition) is 1. The Morgan fingerprint density at radius 1 is 1.18 bits per heavy atom. The van der Waals surface area contributed by atoms with Crippen molar-refractivity contribution in [3.05, 3.63) is 54.0 Å². The highest BCUT2D eigenvalue weighted by Crippen LogP contribution is 2.33. The molecule has 1 N–H and O–H groups in total. The number of quaternary nitrogens is 1. The first-order valence-corrected chi connectivity index (χ1v) is 10.2. The maximum Gasteiger partial charge on any atom is 0.298 e. The number of likely N-dealkylation sites (tertiary alicyclic amines) is 1. The van der Waals surface area contributed by atoms with Crippen LogP contribution in [0.25, 0.3) is 0 Å². The number of furan rings is 1. The van der Waals surface area contributed by atoms with Crippen molar-refractivity contribution in [3.8, 4) is 5.75 Å². The van der Waals surface area contributed by atoms with Crippen LogP contribution >= 0.6 is 0 Å². The molecule has 0 aliphatic carbocycles. The molecule has 0 radical (unpaired) electrons. The normalized spacial score (nSPS) is 20.7. The van der Waals surface area contributed by atoms with Crippen LogP contribution in [-0.4, -0.2) is 43.4 Å².